The van der Waals surface area contributed by atoms with Crippen LogP contribution < -0.4 is 5.32 Å². The predicted octanol–water partition coefficient (Wildman–Crippen LogP) is 1.52. The van der Waals surface area contributed by atoms with Gasteiger partial charge in [0.2, 0.25) is 0 Å². The molecule has 0 spiro atoms. The summed E-state index contributed by atoms with van der Waals surface area (Å²) in [6.45, 7) is 4.03. The van der Waals surface area contributed by atoms with Gasteiger partial charge >= 0.3 is 0 Å². The summed E-state index contributed by atoms with van der Waals surface area (Å²) in [5, 5.41) is 3.27. The highest BCUT2D eigenvalue weighted by Gasteiger charge is 1.84. The molecule has 0 aromatic carbocycles. The Morgan fingerprint density at radius 1 is 1.64 bits per heavy atom. The highest BCUT2D eigenvalue weighted by atomic mass is 32.2. The summed E-state index contributed by atoms with van der Waals surface area (Å²) in [7, 11) is 0. The molecular formula is C9H15NS. The van der Waals surface area contributed by atoms with Crippen LogP contribution in [-0.2, 0) is 0 Å². The van der Waals surface area contributed by atoms with Gasteiger partial charge in [-0.25, -0.2) is 0 Å². The second kappa shape index (κ2) is 9.61. The zero-order chi connectivity index (χ0) is 8.36. The summed E-state index contributed by atoms with van der Waals surface area (Å²) in [5.41, 5.74) is 0. The van der Waals surface area contributed by atoms with Crippen LogP contribution in [0.1, 0.15) is 6.92 Å². The van der Waals surface area contributed by atoms with Gasteiger partial charge in [0.1, 0.15) is 0 Å². The van der Waals surface area contributed by atoms with Crippen LogP contribution in [-0.4, -0.2) is 24.6 Å². The number of allylic oxidation sites excluding steroid dienone is 1. The molecule has 0 radical (unpaired) electrons. The van der Waals surface area contributed by atoms with Crippen molar-refractivity contribution < 1.29 is 0 Å². The van der Waals surface area contributed by atoms with E-state index < -0.39 is 0 Å². The number of hydrogen-bond acceptors (Lipinski definition) is 2. The Labute approximate surface area is 73.6 Å². The van der Waals surface area contributed by atoms with Gasteiger partial charge < -0.3 is 5.32 Å². The summed E-state index contributed by atoms with van der Waals surface area (Å²) in [4.78, 5) is 0. The van der Waals surface area contributed by atoms with E-state index in [1.165, 1.54) is 0 Å². The predicted molar refractivity (Wildman–Crippen MR) is 53.8 cm³/mol. The first kappa shape index (κ1) is 10.6. The molecule has 0 atom stereocenters. The summed E-state index contributed by atoms with van der Waals surface area (Å²) in [6.07, 6.45) is 9.23. The second-order valence-corrected chi connectivity index (χ2v) is 3.14. The van der Waals surface area contributed by atoms with Crippen molar-refractivity contribution in [2.75, 3.05) is 24.6 Å². The molecule has 11 heavy (non-hydrogen) atoms. The van der Waals surface area contributed by atoms with Gasteiger partial charge in [0.15, 0.2) is 0 Å². The van der Waals surface area contributed by atoms with Crippen LogP contribution in [0.4, 0.5) is 0 Å². The molecule has 0 aromatic heterocycles. The van der Waals surface area contributed by atoms with Crippen molar-refractivity contribution in [2.24, 2.45) is 0 Å². The number of nitrogens with one attached hydrogen (secondary N) is 1. The van der Waals surface area contributed by atoms with Crippen molar-refractivity contribution in [3.63, 3.8) is 0 Å². The van der Waals surface area contributed by atoms with Crippen molar-refractivity contribution >= 4 is 11.8 Å². The fourth-order valence-corrected chi connectivity index (χ4v) is 1.13. The normalized spacial score (nSPS) is 10.2. The smallest absolute Gasteiger partial charge is 0.0545 e. The van der Waals surface area contributed by atoms with Crippen LogP contribution in [0.3, 0.4) is 0 Å². The Bertz CT molecular complexity index is 135. The molecule has 0 fully saturated rings. The Morgan fingerprint density at radius 2 is 2.45 bits per heavy atom. The van der Waals surface area contributed by atoms with Crippen molar-refractivity contribution in [3.8, 4) is 12.3 Å². The quantitative estimate of drug-likeness (QED) is 0.367. The SMILES string of the molecule is C#CCSCCNC/C=C/C. The van der Waals surface area contributed by atoms with Gasteiger partial charge in [-0.1, -0.05) is 18.1 Å². The zero-order valence-corrected chi connectivity index (χ0v) is 7.79. The maximum Gasteiger partial charge on any atom is 0.0545 e. The molecule has 0 aliphatic rings. The molecule has 2 heteroatoms. The highest BCUT2D eigenvalue weighted by molar-refractivity contribution is 7.99. The third kappa shape index (κ3) is 9.61. The van der Waals surface area contributed by atoms with Crippen LogP contribution in [0.2, 0.25) is 0 Å². The number of hydrogen-bond donors (Lipinski definition) is 1. The Kier molecular flexibility index (Phi) is 9.27. The largest absolute Gasteiger partial charge is 0.312 e. The number of thioether (sulfide) groups is 1. The maximum atomic E-state index is 5.09. The van der Waals surface area contributed by atoms with E-state index in [0.29, 0.717) is 0 Å². The van der Waals surface area contributed by atoms with E-state index in [2.05, 4.69) is 17.3 Å². The third-order valence-electron chi connectivity index (χ3n) is 1.11. The lowest BCUT2D eigenvalue weighted by atomic mass is 10.5. The molecule has 0 saturated carbocycles. The lowest BCUT2D eigenvalue weighted by molar-refractivity contribution is 0.806. The van der Waals surface area contributed by atoms with E-state index in [1.807, 2.05) is 13.0 Å². The molecule has 0 unspecified atom stereocenters. The van der Waals surface area contributed by atoms with Crippen LogP contribution in [0, 0.1) is 12.3 Å². The molecule has 0 aromatic rings. The lowest BCUT2D eigenvalue weighted by Crippen LogP contribution is -2.16. The minimum Gasteiger partial charge on any atom is -0.312 e. The van der Waals surface area contributed by atoms with Gasteiger partial charge in [-0.2, -0.15) is 0 Å². The first-order valence-corrected chi connectivity index (χ1v) is 4.90. The average Bonchev–Trinajstić information content (AvgIpc) is 2.03. The Balaban J connectivity index is 2.86. The molecule has 0 aliphatic heterocycles. The zero-order valence-electron chi connectivity index (χ0n) is 6.97. The van der Waals surface area contributed by atoms with Crippen LogP contribution in [0.25, 0.3) is 0 Å². The van der Waals surface area contributed by atoms with E-state index in [4.69, 9.17) is 6.42 Å². The van der Waals surface area contributed by atoms with E-state index in [9.17, 15) is 0 Å². The molecule has 0 aliphatic carbocycles. The first-order chi connectivity index (χ1) is 5.41. The first-order valence-electron chi connectivity index (χ1n) is 3.75. The van der Waals surface area contributed by atoms with Crippen molar-refractivity contribution in [1.29, 1.82) is 0 Å². The van der Waals surface area contributed by atoms with Gasteiger partial charge in [0.05, 0.1) is 5.75 Å². The molecule has 62 valence electrons. The van der Waals surface area contributed by atoms with E-state index in [-0.39, 0.29) is 0 Å². The Morgan fingerprint density at radius 3 is 3.09 bits per heavy atom. The van der Waals surface area contributed by atoms with E-state index in [1.54, 1.807) is 11.8 Å². The van der Waals surface area contributed by atoms with Gasteiger partial charge in [-0.15, -0.1) is 18.2 Å². The molecule has 0 saturated heterocycles. The molecule has 0 bridgehead atoms. The van der Waals surface area contributed by atoms with Crippen LogP contribution in [0.5, 0.6) is 0 Å². The third-order valence-corrected chi connectivity index (χ3v) is 1.97. The molecule has 0 rings (SSSR count). The molecule has 0 heterocycles. The maximum absolute atomic E-state index is 5.09. The summed E-state index contributed by atoms with van der Waals surface area (Å²) >= 11 is 1.79. The fraction of sp³-hybridized carbons (Fsp3) is 0.556. The van der Waals surface area contributed by atoms with Gasteiger partial charge in [-0.05, 0) is 6.92 Å². The van der Waals surface area contributed by atoms with Crippen molar-refractivity contribution in [3.05, 3.63) is 12.2 Å². The van der Waals surface area contributed by atoms with E-state index in [0.717, 1.165) is 24.6 Å². The van der Waals surface area contributed by atoms with Gasteiger partial charge in [0, 0.05) is 18.8 Å². The number of rotatable bonds is 6. The molecular weight excluding hydrogens is 154 g/mol. The topological polar surface area (TPSA) is 12.0 Å². The van der Waals surface area contributed by atoms with Crippen molar-refractivity contribution in [1.82, 2.24) is 5.32 Å². The van der Waals surface area contributed by atoms with Crippen LogP contribution >= 0.6 is 11.8 Å². The lowest BCUT2D eigenvalue weighted by Gasteiger charge is -1.98. The minimum absolute atomic E-state index is 0.825. The summed E-state index contributed by atoms with van der Waals surface area (Å²) in [6, 6.07) is 0. The van der Waals surface area contributed by atoms with Crippen molar-refractivity contribution in [2.45, 2.75) is 6.92 Å². The summed E-state index contributed by atoms with van der Waals surface area (Å²) in [5.74, 6) is 4.51. The molecule has 1 nitrogen and oxygen atoms in total. The summed E-state index contributed by atoms with van der Waals surface area (Å²) < 4.78 is 0. The number of terminal acetylenes is 1. The second-order valence-electron chi connectivity index (χ2n) is 2.03. The molecule has 1 N–H and O–H groups in total. The van der Waals surface area contributed by atoms with Crippen LogP contribution in [0.15, 0.2) is 12.2 Å². The Hall–Kier alpha value is -0.390. The average molecular weight is 169 g/mol. The monoisotopic (exact) mass is 169 g/mol. The fourth-order valence-electron chi connectivity index (χ4n) is 0.579. The standard InChI is InChI=1S/C9H15NS/c1-3-5-6-10-7-9-11-8-4-2/h2-3,5,10H,6-9H2,1H3/b5-3+. The van der Waals surface area contributed by atoms with E-state index >= 15 is 0 Å². The van der Waals surface area contributed by atoms with Gasteiger partial charge in [0.25, 0.3) is 0 Å². The minimum atomic E-state index is 0.825. The van der Waals surface area contributed by atoms with Gasteiger partial charge in [-0.3, -0.25) is 0 Å². The molecule has 0 amide bonds. The highest BCUT2D eigenvalue weighted by Crippen LogP contribution is 1.94.